The lowest BCUT2D eigenvalue weighted by Gasteiger charge is -2.24. The fourth-order valence-electron chi connectivity index (χ4n) is 2.29. The third-order valence-corrected chi connectivity index (χ3v) is 3.00. The molecule has 2 unspecified atom stereocenters. The topological polar surface area (TPSA) is 62.0 Å². The van der Waals surface area contributed by atoms with Gasteiger partial charge in [0.25, 0.3) is 0 Å². The van der Waals surface area contributed by atoms with E-state index in [-0.39, 0.29) is 6.04 Å². The van der Waals surface area contributed by atoms with E-state index in [1.54, 1.807) is 0 Å². The summed E-state index contributed by atoms with van der Waals surface area (Å²) < 4.78 is 0. The second kappa shape index (κ2) is 2.59. The van der Waals surface area contributed by atoms with Gasteiger partial charge < -0.3 is 15.8 Å². The molecule has 2 aromatic rings. The molecule has 0 amide bonds. The van der Waals surface area contributed by atoms with E-state index >= 15 is 0 Å². The summed E-state index contributed by atoms with van der Waals surface area (Å²) in [5, 5.41) is 11.1. The highest BCUT2D eigenvalue weighted by molar-refractivity contribution is 5.88. The average Bonchev–Trinajstić information content (AvgIpc) is 2.59. The van der Waals surface area contributed by atoms with Crippen molar-refractivity contribution in [2.45, 2.75) is 18.6 Å². The van der Waals surface area contributed by atoms with Gasteiger partial charge in [0, 0.05) is 23.1 Å². The molecule has 0 saturated carbocycles. The van der Waals surface area contributed by atoms with Crippen LogP contribution in [0.25, 0.3) is 10.9 Å². The van der Waals surface area contributed by atoms with Gasteiger partial charge in [0.05, 0.1) is 6.10 Å². The van der Waals surface area contributed by atoms with Crippen molar-refractivity contribution in [1.29, 1.82) is 0 Å². The highest BCUT2D eigenvalue weighted by Gasteiger charge is 2.26. The molecule has 0 fully saturated rings. The molecule has 3 heteroatoms. The molecule has 1 aliphatic carbocycles. The van der Waals surface area contributed by atoms with Gasteiger partial charge in [0.1, 0.15) is 0 Å². The van der Waals surface area contributed by atoms with E-state index in [0.717, 1.165) is 22.9 Å². The van der Waals surface area contributed by atoms with Crippen LogP contribution in [0.2, 0.25) is 0 Å². The van der Waals surface area contributed by atoms with E-state index in [2.05, 4.69) is 4.98 Å². The van der Waals surface area contributed by atoms with Crippen LogP contribution in [0, 0.1) is 0 Å². The average molecular weight is 188 g/mol. The minimum atomic E-state index is -0.526. The molecule has 1 aromatic heterocycles. The number of aromatic amines is 1. The molecule has 0 saturated heterocycles. The Bertz CT molecular complexity index is 489. The summed E-state index contributed by atoms with van der Waals surface area (Å²) >= 11 is 0. The molecule has 0 bridgehead atoms. The zero-order chi connectivity index (χ0) is 9.71. The molecule has 3 nitrogen and oxygen atoms in total. The molecule has 0 aliphatic heterocycles. The number of aliphatic hydroxyl groups excluding tert-OH is 1. The van der Waals surface area contributed by atoms with E-state index in [0.29, 0.717) is 0 Å². The van der Waals surface area contributed by atoms with Gasteiger partial charge in [-0.05, 0) is 23.6 Å². The Kier molecular flexibility index (Phi) is 1.48. The lowest BCUT2D eigenvalue weighted by Crippen LogP contribution is -2.33. The second-order valence-corrected chi connectivity index (χ2v) is 3.90. The molecule has 72 valence electrons. The number of benzene rings is 1. The summed E-state index contributed by atoms with van der Waals surface area (Å²) in [6.45, 7) is 0. The summed E-state index contributed by atoms with van der Waals surface area (Å²) in [4.78, 5) is 3.19. The van der Waals surface area contributed by atoms with Gasteiger partial charge in [-0.25, -0.2) is 0 Å². The maximum atomic E-state index is 9.92. The van der Waals surface area contributed by atoms with Crippen LogP contribution in [0.5, 0.6) is 0 Å². The van der Waals surface area contributed by atoms with Gasteiger partial charge in [0.15, 0.2) is 0 Å². The van der Waals surface area contributed by atoms with Gasteiger partial charge in [-0.2, -0.15) is 0 Å². The first kappa shape index (κ1) is 8.03. The molecule has 0 spiro atoms. The van der Waals surface area contributed by atoms with Gasteiger partial charge in [-0.1, -0.05) is 12.1 Å². The van der Waals surface area contributed by atoms with Gasteiger partial charge >= 0.3 is 0 Å². The fraction of sp³-hybridized carbons (Fsp3) is 0.273. The Hall–Kier alpha value is -1.32. The third kappa shape index (κ3) is 0.882. The number of rotatable bonds is 0. The van der Waals surface area contributed by atoms with E-state index in [9.17, 15) is 5.11 Å². The number of nitrogens with one attached hydrogen (secondary N) is 1. The number of aliphatic hydroxyl groups is 1. The molecular formula is C11H12N2O. The third-order valence-electron chi connectivity index (χ3n) is 3.00. The van der Waals surface area contributed by atoms with Crippen molar-refractivity contribution in [3.8, 4) is 0 Å². The molecule has 1 heterocycles. The molecule has 1 aromatic carbocycles. The van der Waals surface area contributed by atoms with E-state index in [1.807, 2.05) is 24.4 Å². The monoisotopic (exact) mass is 188 g/mol. The van der Waals surface area contributed by atoms with E-state index in [4.69, 9.17) is 5.73 Å². The van der Waals surface area contributed by atoms with Crippen LogP contribution in [-0.2, 0) is 6.42 Å². The Balaban J connectivity index is 2.39. The standard InChI is InChI=1S/C11H12N2O/c12-8-4-6-5-13-9-3-1-2-7(10(6)9)11(8)14/h1-3,5,8,11,13-14H,4,12H2. The van der Waals surface area contributed by atoms with Crippen LogP contribution < -0.4 is 5.73 Å². The summed E-state index contributed by atoms with van der Waals surface area (Å²) in [6.07, 6.45) is 2.21. The quantitative estimate of drug-likeness (QED) is 0.579. The summed E-state index contributed by atoms with van der Waals surface area (Å²) in [6, 6.07) is 5.73. The van der Waals surface area contributed by atoms with Crippen molar-refractivity contribution < 1.29 is 5.11 Å². The first-order valence-corrected chi connectivity index (χ1v) is 4.80. The van der Waals surface area contributed by atoms with Gasteiger partial charge in [0.2, 0.25) is 0 Å². The first-order valence-electron chi connectivity index (χ1n) is 4.80. The molecular weight excluding hydrogens is 176 g/mol. The highest BCUT2D eigenvalue weighted by Crippen LogP contribution is 2.34. The zero-order valence-corrected chi connectivity index (χ0v) is 7.70. The van der Waals surface area contributed by atoms with Crippen LogP contribution in [0.3, 0.4) is 0 Å². The van der Waals surface area contributed by atoms with Crippen molar-refractivity contribution in [2.75, 3.05) is 0 Å². The largest absolute Gasteiger partial charge is 0.387 e. The molecule has 0 radical (unpaired) electrons. The second-order valence-electron chi connectivity index (χ2n) is 3.90. The number of H-pyrrole nitrogens is 1. The molecule has 1 aliphatic rings. The van der Waals surface area contributed by atoms with Crippen molar-refractivity contribution in [3.63, 3.8) is 0 Å². The van der Waals surface area contributed by atoms with Crippen LogP contribution in [0.15, 0.2) is 24.4 Å². The smallest absolute Gasteiger partial charge is 0.0950 e. The fourth-order valence-corrected chi connectivity index (χ4v) is 2.29. The maximum absolute atomic E-state index is 9.92. The lowest BCUT2D eigenvalue weighted by atomic mass is 9.87. The van der Waals surface area contributed by atoms with Gasteiger partial charge in [-0.15, -0.1) is 0 Å². The molecule has 2 atom stereocenters. The van der Waals surface area contributed by atoms with Crippen molar-refractivity contribution in [3.05, 3.63) is 35.5 Å². The molecule has 14 heavy (non-hydrogen) atoms. The summed E-state index contributed by atoms with van der Waals surface area (Å²) in [5.41, 5.74) is 9.12. The number of hydrogen-bond donors (Lipinski definition) is 3. The Labute approximate surface area is 81.5 Å². The molecule has 3 rings (SSSR count). The number of hydrogen-bond acceptors (Lipinski definition) is 2. The highest BCUT2D eigenvalue weighted by atomic mass is 16.3. The minimum absolute atomic E-state index is 0.177. The summed E-state index contributed by atoms with van der Waals surface area (Å²) in [5.74, 6) is 0. The van der Waals surface area contributed by atoms with E-state index in [1.165, 1.54) is 5.56 Å². The SMILES string of the molecule is NC1Cc2c[nH]c3cccc(c23)C1O. The Morgan fingerprint density at radius 3 is 3.14 bits per heavy atom. The Morgan fingerprint density at radius 2 is 2.29 bits per heavy atom. The van der Waals surface area contributed by atoms with Crippen molar-refractivity contribution >= 4 is 10.9 Å². The van der Waals surface area contributed by atoms with E-state index < -0.39 is 6.10 Å². The van der Waals surface area contributed by atoms with Crippen LogP contribution in [-0.4, -0.2) is 16.1 Å². The van der Waals surface area contributed by atoms with Crippen molar-refractivity contribution in [2.24, 2.45) is 5.73 Å². The van der Waals surface area contributed by atoms with Crippen LogP contribution in [0.4, 0.5) is 0 Å². The van der Waals surface area contributed by atoms with Gasteiger partial charge in [-0.3, -0.25) is 0 Å². The normalized spacial score (nSPS) is 25.6. The first-order chi connectivity index (χ1) is 6.77. The number of nitrogens with two attached hydrogens (primary N) is 1. The maximum Gasteiger partial charge on any atom is 0.0950 e. The van der Waals surface area contributed by atoms with Crippen LogP contribution >= 0.6 is 0 Å². The minimum Gasteiger partial charge on any atom is -0.387 e. The molecule has 4 N–H and O–H groups in total. The Morgan fingerprint density at radius 1 is 1.43 bits per heavy atom. The lowest BCUT2D eigenvalue weighted by molar-refractivity contribution is 0.145. The van der Waals surface area contributed by atoms with Crippen LogP contribution in [0.1, 0.15) is 17.2 Å². The zero-order valence-electron chi connectivity index (χ0n) is 7.70. The number of aromatic nitrogens is 1. The van der Waals surface area contributed by atoms with Crippen molar-refractivity contribution in [1.82, 2.24) is 4.98 Å². The predicted molar refractivity (Wildman–Crippen MR) is 54.9 cm³/mol. The summed E-state index contributed by atoms with van der Waals surface area (Å²) in [7, 11) is 0. The predicted octanol–water partition coefficient (Wildman–Crippen LogP) is 1.08.